The van der Waals surface area contributed by atoms with Crippen molar-refractivity contribution in [2.45, 2.75) is 20.0 Å². The third-order valence-electron chi connectivity index (χ3n) is 4.22. The van der Waals surface area contributed by atoms with E-state index < -0.39 is 29.4 Å². The Morgan fingerprint density at radius 3 is 2.50 bits per heavy atom. The Kier molecular flexibility index (Phi) is 6.26. The number of amides is 3. The molecule has 0 spiro atoms. The molecular weight excluding hydrogens is 388 g/mol. The first-order chi connectivity index (χ1) is 14.4. The molecule has 154 valence electrons. The van der Waals surface area contributed by atoms with Gasteiger partial charge in [0.1, 0.15) is 5.58 Å². The predicted molar refractivity (Wildman–Crippen MR) is 109 cm³/mol. The van der Waals surface area contributed by atoms with Crippen molar-refractivity contribution in [3.8, 4) is 0 Å². The second-order valence-corrected chi connectivity index (χ2v) is 6.52. The minimum atomic E-state index is -1.42. The van der Waals surface area contributed by atoms with E-state index in [0.29, 0.717) is 17.5 Å². The van der Waals surface area contributed by atoms with Crippen LogP contribution in [0, 0.1) is 6.92 Å². The highest BCUT2D eigenvalue weighted by molar-refractivity contribution is 5.99. The third-order valence-corrected chi connectivity index (χ3v) is 4.22. The molecule has 1 atom stereocenters. The molecule has 0 radical (unpaired) electrons. The van der Waals surface area contributed by atoms with Crippen molar-refractivity contribution in [3.63, 3.8) is 0 Å². The number of aryl methyl sites for hydroxylation is 1. The topological polar surface area (TPSA) is 115 Å². The van der Waals surface area contributed by atoms with E-state index in [1.54, 1.807) is 55.5 Å². The minimum absolute atomic E-state index is 0.225. The summed E-state index contributed by atoms with van der Waals surface area (Å²) in [5, 5.41) is 4.89. The number of fused-ring (bicyclic) bond motifs is 1. The van der Waals surface area contributed by atoms with E-state index in [0.717, 1.165) is 11.6 Å². The molecule has 8 nitrogen and oxygen atoms in total. The third kappa shape index (κ3) is 4.72. The highest BCUT2D eigenvalue weighted by Gasteiger charge is 2.28. The lowest BCUT2D eigenvalue weighted by Gasteiger charge is -2.17. The van der Waals surface area contributed by atoms with E-state index in [4.69, 9.17) is 9.15 Å². The van der Waals surface area contributed by atoms with Crippen LogP contribution >= 0.6 is 0 Å². The second kappa shape index (κ2) is 9.04. The molecule has 8 heteroatoms. The summed E-state index contributed by atoms with van der Waals surface area (Å²) in [5.74, 6) is -2.18. The maximum Gasteiger partial charge on any atom is 0.375 e. The molecular formula is C22H20N2O6. The van der Waals surface area contributed by atoms with Gasteiger partial charge in [0, 0.05) is 18.2 Å². The van der Waals surface area contributed by atoms with Crippen molar-refractivity contribution in [1.29, 1.82) is 0 Å². The summed E-state index contributed by atoms with van der Waals surface area (Å²) in [4.78, 5) is 49.3. The van der Waals surface area contributed by atoms with Crippen LogP contribution in [0.5, 0.6) is 0 Å². The molecule has 3 rings (SSSR count). The largest absolute Gasteiger partial charge is 0.449 e. The Morgan fingerprint density at radius 2 is 1.80 bits per heavy atom. The van der Waals surface area contributed by atoms with Crippen LogP contribution in [0.3, 0.4) is 0 Å². The van der Waals surface area contributed by atoms with Crippen LogP contribution in [-0.2, 0) is 9.53 Å². The van der Waals surface area contributed by atoms with Crippen LogP contribution < -0.4 is 16.1 Å². The summed E-state index contributed by atoms with van der Waals surface area (Å²) in [6.07, 6.45) is -1.42. The van der Waals surface area contributed by atoms with Gasteiger partial charge in [-0.15, -0.1) is 0 Å². The number of ether oxygens (including phenoxy) is 1. The van der Waals surface area contributed by atoms with Crippen molar-refractivity contribution < 1.29 is 23.5 Å². The van der Waals surface area contributed by atoms with E-state index >= 15 is 0 Å². The van der Waals surface area contributed by atoms with Crippen LogP contribution in [-0.4, -0.2) is 24.5 Å². The maximum atomic E-state index is 12.7. The number of hydrogen-bond acceptors (Lipinski definition) is 6. The number of nitrogens with one attached hydrogen (secondary N) is 2. The zero-order valence-electron chi connectivity index (χ0n) is 16.4. The number of imide groups is 1. The molecule has 3 aromatic rings. The highest BCUT2D eigenvalue weighted by atomic mass is 16.6. The van der Waals surface area contributed by atoms with Gasteiger partial charge in [0.2, 0.25) is 11.9 Å². The van der Waals surface area contributed by atoms with Crippen molar-refractivity contribution in [3.05, 3.63) is 81.7 Å². The summed E-state index contributed by atoms with van der Waals surface area (Å²) in [7, 11) is 0. The Balaban J connectivity index is 1.90. The molecule has 1 heterocycles. The molecule has 0 aliphatic heterocycles. The SMILES string of the molecule is CCNC(=O)NC(=O)[C@H](OC(=O)c1cc(=O)c2cc(C)ccc2o1)c1ccccc1. The Hall–Kier alpha value is -3.94. The van der Waals surface area contributed by atoms with Gasteiger partial charge in [0.05, 0.1) is 5.39 Å². The Morgan fingerprint density at radius 1 is 1.07 bits per heavy atom. The standard InChI is InChI=1S/C22H20N2O6/c1-3-23-22(28)24-20(26)19(14-7-5-4-6-8-14)30-21(27)18-12-16(25)15-11-13(2)9-10-17(15)29-18/h4-12,19H,3H2,1-2H3,(H2,23,24,26,28)/t19-/m1/s1. The number of urea groups is 1. The fourth-order valence-electron chi connectivity index (χ4n) is 2.82. The van der Waals surface area contributed by atoms with Crippen molar-refractivity contribution in [2.75, 3.05) is 6.54 Å². The number of benzene rings is 2. The number of carbonyl (C=O) groups excluding carboxylic acids is 3. The molecule has 0 bridgehead atoms. The van der Waals surface area contributed by atoms with Gasteiger partial charge in [-0.25, -0.2) is 9.59 Å². The number of carbonyl (C=O) groups is 3. The van der Waals surface area contributed by atoms with Gasteiger partial charge in [0.15, 0.2) is 5.43 Å². The van der Waals surface area contributed by atoms with Gasteiger partial charge < -0.3 is 14.5 Å². The Bertz CT molecular complexity index is 1150. The van der Waals surface area contributed by atoms with Gasteiger partial charge in [-0.2, -0.15) is 0 Å². The predicted octanol–water partition coefficient (Wildman–Crippen LogP) is 2.85. The monoisotopic (exact) mass is 408 g/mol. The van der Waals surface area contributed by atoms with Gasteiger partial charge >= 0.3 is 12.0 Å². The molecule has 2 aromatic carbocycles. The van der Waals surface area contributed by atoms with E-state index in [1.165, 1.54) is 0 Å². The fourth-order valence-corrected chi connectivity index (χ4v) is 2.82. The van der Waals surface area contributed by atoms with Crippen LogP contribution in [0.4, 0.5) is 4.79 Å². The first kappa shape index (κ1) is 20.8. The molecule has 0 unspecified atom stereocenters. The van der Waals surface area contributed by atoms with Gasteiger partial charge in [-0.05, 0) is 26.0 Å². The fraction of sp³-hybridized carbons (Fsp3) is 0.182. The van der Waals surface area contributed by atoms with Gasteiger partial charge in [0.25, 0.3) is 5.91 Å². The first-order valence-electron chi connectivity index (χ1n) is 9.28. The van der Waals surface area contributed by atoms with Gasteiger partial charge in [-0.3, -0.25) is 14.9 Å². The number of hydrogen-bond donors (Lipinski definition) is 2. The van der Waals surface area contributed by atoms with E-state index in [2.05, 4.69) is 10.6 Å². The minimum Gasteiger partial charge on any atom is -0.449 e. The summed E-state index contributed by atoms with van der Waals surface area (Å²) in [6.45, 7) is 3.84. The average Bonchev–Trinajstić information content (AvgIpc) is 2.72. The molecule has 0 saturated carbocycles. The normalized spacial score (nSPS) is 11.5. The summed E-state index contributed by atoms with van der Waals surface area (Å²) >= 11 is 0. The van der Waals surface area contributed by atoms with Crippen molar-refractivity contribution in [1.82, 2.24) is 10.6 Å². The number of rotatable bonds is 5. The van der Waals surface area contributed by atoms with E-state index in [-0.39, 0.29) is 11.3 Å². The molecule has 3 amide bonds. The maximum absolute atomic E-state index is 12.7. The number of esters is 1. The summed E-state index contributed by atoms with van der Waals surface area (Å²) < 4.78 is 10.8. The average molecular weight is 408 g/mol. The van der Waals surface area contributed by atoms with Crippen LogP contribution in [0.25, 0.3) is 11.0 Å². The lowest BCUT2D eigenvalue weighted by Crippen LogP contribution is -2.42. The van der Waals surface area contributed by atoms with Crippen molar-refractivity contribution in [2.24, 2.45) is 0 Å². The lowest BCUT2D eigenvalue weighted by atomic mass is 10.1. The summed E-state index contributed by atoms with van der Waals surface area (Å²) in [6, 6.07) is 13.5. The van der Waals surface area contributed by atoms with Crippen LogP contribution in [0.15, 0.2) is 63.8 Å². The molecule has 0 aliphatic carbocycles. The zero-order chi connectivity index (χ0) is 21.7. The molecule has 0 aliphatic rings. The first-order valence-corrected chi connectivity index (χ1v) is 9.28. The van der Waals surface area contributed by atoms with Gasteiger partial charge in [-0.1, -0.05) is 42.0 Å². The quantitative estimate of drug-likeness (QED) is 0.628. The molecule has 2 N–H and O–H groups in total. The Labute approximate surface area is 171 Å². The van der Waals surface area contributed by atoms with E-state index in [9.17, 15) is 19.2 Å². The summed E-state index contributed by atoms with van der Waals surface area (Å²) in [5.41, 5.74) is 1.04. The molecule has 30 heavy (non-hydrogen) atoms. The zero-order valence-corrected chi connectivity index (χ0v) is 16.4. The lowest BCUT2D eigenvalue weighted by molar-refractivity contribution is -0.129. The van der Waals surface area contributed by atoms with Crippen LogP contribution in [0.1, 0.15) is 34.7 Å². The van der Waals surface area contributed by atoms with Crippen LogP contribution in [0.2, 0.25) is 0 Å². The molecule has 0 saturated heterocycles. The highest BCUT2D eigenvalue weighted by Crippen LogP contribution is 2.21. The molecule has 0 fully saturated rings. The van der Waals surface area contributed by atoms with E-state index in [1.807, 2.05) is 6.92 Å². The smallest absolute Gasteiger partial charge is 0.375 e. The molecule has 1 aromatic heterocycles. The second-order valence-electron chi connectivity index (χ2n) is 6.52. The van der Waals surface area contributed by atoms with Crippen molar-refractivity contribution >= 4 is 28.9 Å².